The van der Waals surface area contributed by atoms with Gasteiger partial charge in [0.1, 0.15) is 0 Å². The summed E-state index contributed by atoms with van der Waals surface area (Å²) in [5.41, 5.74) is 2.11. The summed E-state index contributed by atoms with van der Waals surface area (Å²) in [7, 11) is 0. The van der Waals surface area contributed by atoms with E-state index in [4.69, 9.17) is 4.74 Å². The Morgan fingerprint density at radius 1 is 1.00 bits per heavy atom. The van der Waals surface area contributed by atoms with Gasteiger partial charge in [0.25, 0.3) is 11.8 Å². The van der Waals surface area contributed by atoms with Crippen LogP contribution < -0.4 is 15.5 Å². The Morgan fingerprint density at radius 3 is 2.56 bits per heavy atom. The summed E-state index contributed by atoms with van der Waals surface area (Å²) < 4.78 is 5.40. The number of benzene rings is 1. The molecule has 164 valence electrons. The average molecular weight is 432 g/mol. The van der Waals surface area contributed by atoms with Crippen LogP contribution in [0.25, 0.3) is 0 Å². The Morgan fingerprint density at radius 2 is 1.81 bits per heavy atom. The van der Waals surface area contributed by atoms with Crippen molar-refractivity contribution in [2.24, 2.45) is 0 Å². The number of hydrogen-bond acceptors (Lipinski definition) is 7. The standard InChI is InChI=1S/C23H24N6O3/c30-21(17-5-4-9-24-15-17)25-10-8-20-19(22(31)27-18-6-2-1-3-7-18)16-26-23(28-20)29-11-13-32-14-12-29/h1-7,9,15-16H,8,10-14H2,(H,25,30)(H,27,31). The number of para-hydroxylation sites is 1. The van der Waals surface area contributed by atoms with Crippen molar-refractivity contribution in [2.75, 3.05) is 43.1 Å². The second-order valence-corrected chi connectivity index (χ2v) is 7.20. The molecule has 4 rings (SSSR count). The molecule has 2 aromatic heterocycles. The molecule has 0 aliphatic carbocycles. The number of carbonyl (C=O) groups is 2. The van der Waals surface area contributed by atoms with Crippen LogP contribution in [0, 0.1) is 0 Å². The number of morpholine rings is 1. The topological polar surface area (TPSA) is 109 Å². The Bertz CT molecular complexity index is 1060. The molecule has 0 unspecified atom stereocenters. The van der Waals surface area contributed by atoms with Crippen LogP contribution in [0.3, 0.4) is 0 Å². The SMILES string of the molecule is O=C(NCCc1nc(N2CCOCC2)ncc1C(=O)Nc1ccccc1)c1cccnc1. The minimum Gasteiger partial charge on any atom is -0.378 e. The maximum absolute atomic E-state index is 12.9. The van der Waals surface area contributed by atoms with Gasteiger partial charge in [-0.3, -0.25) is 14.6 Å². The molecule has 0 atom stereocenters. The van der Waals surface area contributed by atoms with Crippen molar-refractivity contribution in [3.05, 3.63) is 77.9 Å². The van der Waals surface area contributed by atoms with Crippen molar-refractivity contribution in [3.63, 3.8) is 0 Å². The Hall–Kier alpha value is -3.85. The number of hydrogen-bond donors (Lipinski definition) is 2. The van der Waals surface area contributed by atoms with Crippen LogP contribution in [0.4, 0.5) is 11.6 Å². The summed E-state index contributed by atoms with van der Waals surface area (Å²) in [6, 6.07) is 12.6. The van der Waals surface area contributed by atoms with Gasteiger partial charge < -0.3 is 20.3 Å². The number of aromatic nitrogens is 3. The zero-order valence-electron chi connectivity index (χ0n) is 17.5. The number of nitrogens with one attached hydrogen (secondary N) is 2. The molecule has 2 N–H and O–H groups in total. The molecule has 2 amide bonds. The average Bonchev–Trinajstić information content (AvgIpc) is 2.85. The molecule has 32 heavy (non-hydrogen) atoms. The monoisotopic (exact) mass is 432 g/mol. The van der Waals surface area contributed by atoms with E-state index in [1.54, 1.807) is 24.5 Å². The third-order valence-corrected chi connectivity index (χ3v) is 5.00. The molecular formula is C23H24N6O3. The summed E-state index contributed by atoms with van der Waals surface area (Å²) >= 11 is 0. The van der Waals surface area contributed by atoms with Gasteiger partial charge in [0, 0.05) is 50.3 Å². The van der Waals surface area contributed by atoms with E-state index in [1.165, 1.54) is 6.20 Å². The van der Waals surface area contributed by atoms with Gasteiger partial charge in [-0.25, -0.2) is 9.97 Å². The van der Waals surface area contributed by atoms with Gasteiger partial charge in [0.2, 0.25) is 5.95 Å². The third kappa shape index (κ3) is 5.44. The number of ether oxygens (including phenoxy) is 1. The predicted molar refractivity (Wildman–Crippen MR) is 120 cm³/mol. The molecule has 0 spiro atoms. The molecule has 1 aliphatic heterocycles. The van der Waals surface area contributed by atoms with Gasteiger partial charge in [-0.2, -0.15) is 0 Å². The highest BCUT2D eigenvalue weighted by molar-refractivity contribution is 6.05. The minimum atomic E-state index is -0.293. The Balaban J connectivity index is 1.50. The summed E-state index contributed by atoms with van der Waals surface area (Å²) in [5.74, 6) is 0.0345. The van der Waals surface area contributed by atoms with E-state index in [0.717, 1.165) is 0 Å². The van der Waals surface area contributed by atoms with Gasteiger partial charge in [0.15, 0.2) is 0 Å². The first kappa shape index (κ1) is 21.4. The first-order chi connectivity index (χ1) is 15.7. The van der Waals surface area contributed by atoms with E-state index in [9.17, 15) is 9.59 Å². The maximum Gasteiger partial charge on any atom is 0.259 e. The number of pyridine rings is 1. The molecule has 3 aromatic rings. The molecule has 3 heterocycles. The molecule has 9 heteroatoms. The van der Waals surface area contributed by atoms with Crippen LogP contribution >= 0.6 is 0 Å². The molecule has 1 saturated heterocycles. The number of anilines is 2. The van der Waals surface area contributed by atoms with Crippen molar-refractivity contribution in [3.8, 4) is 0 Å². The summed E-state index contributed by atoms with van der Waals surface area (Å²) in [6.07, 6.45) is 5.05. The van der Waals surface area contributed by atoms with E-state index in [0.29, 0.717) is 67.7 Å². The highest BCUT2D eigenvalue weighted by atomic mass is 16.5. The van der Waals surface area contributed by atoms with Crippen molar-refractivity contribution in [1.29, 1.82) is 0 Å². The molecular weight excluding hydrogens is 408 g/mol. The van der Waals surface area contributed by atoms with Crippen LogP contribution in [-0.4, -0.2) is 59.6 Å². The van der Waals surface area contributed by atoms with E-state index in [1.807, 2.05) is 35.2 Å². The first-order valence-electron chi connectivity index (χ1n) is 10.4. The second kappa shape index (κ2) is 10.5. The van der Waals surface area contributed by atoms with Crippen molar-refractivity contribution in [1.82, 2.24) is 20.3 Å². The van der Waals surface area contributed by atoms with Crippen LogP contribution in [0.15, 0.2) is 61.1 Å². The quantitative estimate of drug-likeness (QED) is 0.587. The van der Waals surface area contributed by atoms with Gasteiger partial charge in [-0.15, -0.1) is 0 Å². The lowest BCUT2D eigenvalue weighted by Crippen LogP contribution is -2.37. The Labute approximate surface area is 185 Å². The molecule has 1 aliphatic rings. The van der Waals surface area contributed by atoms with E-state index in [-0.39, 0.29) is 11.8 Å². The fraction of sp³-hybridized carbons (Fsp3) is 0.261. The zero-order chi connectivity index (χ0) is 22.2. The first-order valence-corrected chi connectivity index (χ1v) is 10.4. The Kier molecular flexibility index (Phi) is 6.98. The lowest BCUT2D eigenvalue weighted by Gasteiger charge is -2.27. The summed E-state index contributed by atoms with van der Waals surface area (Å²) in [4.78, 5) is 40.3. The molecule has 0 radical (unpaired) electrons. The largest absolute Gasteiger partial charge is 0.378 e. The molecule has 0 saturated carbocycles. The highest BCUT2D eigenvalue weighted by Crippen LogP contribution is 2.16. The number of nitrogens with zero attached hydrogens (tertiary/aromatic N) is 4. The smallest absolute Gasteiger partial charge is 0.259 e. The number of amides is 2. The van der Waals surface area contributed by atoms with Gasteiger partial charge in [0.05, 0.1) is 30.0 Å². The van der Waals surface area contributed by atoms with Gasteiger partial charge in [-0.05, 0) is 24.3 Å². The predicted octanol–water partition coefficient (Wildman–Crippen LogP) is 1.93. The highest BCUT2D eigenvalue weighted by Gasteiger charge is 2.19. The van der Waals surface area contributed by atoms with Crippen molar-refractivity contribution < 1.29 is 14.3 Å². The van der Waals surface area contributed by atoms with Crippen LogP contribution in [0.5, 0.6) is 0 Å². The molecule has 0 bridgehead atoms. The van der Waals surface area contributed by atoms with Gasteiger partial charge in [-0.1, -0.05) is 18.2 Å². The zero-order valence-corrected chi connectivity index (χ0v) is 17.5. The third-order valence-electron chi connectivity index (χ3n) is 5.00. The van der Waals surface area contributed by atoms with Crippen LogP contribution in [-0.2, 0) is 11.2 Å². The minimum absolute atomic E-state index is 0.226. The molecule has 1 aromatic carbocycles. The lowest BCUT2D eigenvalue weighted by molar-refractivity contribution is 0.0953. The second-order valence-electron chi connectivity index (χ2n) is 7.20. The van der Waals surface area contributed by atoms with Crippen LogP contribution in [0.2, 0.25) is 0 Å². The van der Waals surface area contributed by atoms with E-state index >= 15 is 0 Å². The van der Waals surface area contributed by atoms with E-state index in [2.05, 4.69) is 25.6 Å². The van der Waals surface area contributed by atoms with Crippen molar-refractivity contribution >= 4 is 23.5 Å². The fourth-order valence-corrected chi connectivity index (χ4v) is 3.32. The number of rotatable bonds is 7. The van der Waals surface area contributed by atoms with E-state index < -0.39 is 0 Å². The maximum atomic E-state index is 12.9. The fourth-order valence-electron chi connectivity index (χ4n) is 3.32. The summed E-state index contributed by atoms with van der Waals surface area (Å²) in [5, 5.41) is 5.73. The van der Waals surface area contributed by atoms with Crippen molar-refractivity contribution in [2.45, 2.75) is 6.42 Å². The normalized spacial score (nSPS) is 13.4. The van der Waals surface area contributed by atoms with Crippen LogP contribution in [0.1, 0.15) is 26.4 Å². The lowest BCUT2D eigenvalue weighted by atomic mass is 10.1. The van der Waals surface area contributed by atoms with Gasteiger partial charge >= 0.3 is 0 Å². The molecule has 9 nitrogen and oxygen atoms in total. The number of carbonyl (C=O) groups excluding carboxylic acids is 2. The molecule has 1 fully saturated rings. The summed E-state index contributed by atoms with van der Waals surface area (Å²) in [6.45, 7) is 2.91.